The first-order valence-electron chi connectivity index (χ1n) is 8.90. The Labute approximate surface area is 165 Å². The van der Waals surface area contributed by atoms with Gasteiger partial charge in [0.25, 0.3) is 5.91 Å². The summed E-state index contributed by atoms with van der Waals surface area (Å²) in [5.41, 5.74) is 0.966. The van der Waals surface area contributed by atoms with Crippen LogP contribution in [0.3, 0.4) is 0 Å². The lowest BCUT2D eigenvalue weighted by atomic mass is 10.1. The molecule has 0 saturated heterocycles. The Bertz CT molecular complexity index is 841. The van der Waals surface area contributed by atoms with E-state index < -0.39 is 25.1 Å². The summed E-state index contributed by atoms with van der Waals surface area (Å²) in [5.74, 6) is -0.195. The predicted octanol–water partition coefficient (Wildman–Crippen LogP) is 3.65. The molecule has 10 heteroatoms. The van der Waals surface area contributed by atoms with Crippen molar-refractivity contribution in [1.29, 1.82) is 0 Å². The van der Waals surface area contributed by atoms with Crippen molar-refractivity contribution >= 4 is 17.6 Å². The number of aromatic nitrogens is 2. The maximum Gasteiger partial charge on any atom is 0.392 e. The molecule has 2 aromatic rings. The molecule has 2 rings (SSSR count). The SMILES string of the molecule is CCC(=O)Nc1cc(C(C)NC(=O)c2ccc(OCCC(F)(F)F)nc2)ccn1. The molecule has 156 valence electrons. The number of carbonyl (C=O) groups excluding carboxylic acids is 2. The third-order valence-electron chi connectivity index (χ3n) is 3.85. The Balaban J connectivity index is 1.94. The van der Waals surface area contributed by atoms with Gasteiger partial charge in [-0.3, -0.25) is 9.59 Å². The third kappa shape index (κ3) is 7.40. The van der Waals surface area contributed by atoms with Crippen LogP contribution in [-0.4, -0.2) is 34.6 Å². The fourth-order valence-corrected chi connectivity index (χ4v) is 2.25. The zero-order valence-electron chi connectivity index (χ0n) is 15.9. The average molecular weight is 410 g/mol. The molecule has 0 radical (unpaired) electrons. The van der Waals surface area contributed by atoms with E-state index in [0.29, 0.717) is 12.2 Å². The molecule has 0 saturated carbocycles. The Kier molecular flexibility index (Phi) is 7.52. The number of hydrogen-bond acceptors (Lipinski definition) is 5. The molecule has 1 unspecified atom stereocenters. The predicted molar refractivity (Wildman–Crippen MR) is 99.4 cm³/mol. The molecule has 2 heterocycles. The molecule has 2 N–H and O–H groups in total. The van der Waals surface area contributed by atoms with Crippen molar-refractivity contribution in [3.63, 3.8) is 0 Å². The van der Waals surface area contributed by atoms with Crippen LogP contribution in [0, 0.1) is 0 Å². The number of pyridine rings is 2. The zero-order valence-corrected chi connectivity index (χ0v) is 15.9. The highest BCUT2D eigenvalue weighted by molar-refractivity contribution is 5.94. The van der Waals surface area contributed by atoms with Crippen LogP contribution in [0.1, 0.15) is 48.7 Å². The van der Waals surface area contributed by atoms with E-state index in [1.54, 1.807) is 26.0 Å². The van der Waals surface area contributed by atoms with Crippen LogP contribution in [0.2, 0.25) is 0 Å². The van der Waals surface area contributed by atoms with Crippen LogP contribution >= 0.6 is 0 Å². The van der Waals surface area contributed by atoms with Crippen molar-refractivity contribution in [1.82, 2.24) is 15.3 Å². The highest BCUT2D eigenvalue weighted by Crippen LogP contribution is 2.20. The molecule has 0 aliphatic rings. The van der Waals surface area contributed by atoms with Crippen molar-refractivity contribution in [2.45, 2.75) is 38.9 Å². The molecule has 0 aliphatic heterocycles. The van der Waals surface area contributed by atoms with Crippen LogP contribution in [-0.2, 0) is 4.79 Å². The topological polar surface area (TPSA) is 93.2 Å². The van der Waals surface area contributed by atoms with Gasteiger partial charge in [0.05, 0.1) is 24.6 Å². The van der Waals surface area contributed by atoms with E-state index in [1.807, 2.05) is 0 Å². The summed E-state index contributed by atoms with van der Waals surface area (Å²) in [6.45, 7) is 2.95. The summed E-state index contributed by atoms with van der Waals surface area (Å²) in [5, 5.41) is 5.43. The van der Waals surface area contributed by atoms with E-state index in [-0.39, 0.29) is 23.4 Å². The van der Waals surface area contributed by atoms with Crippen LogP contribution < -0.4 is 15.4 Å². The number of anilines is 1. The van der Waals surface area contributed by atoms with Gasteiger partial charge in [0.15, 0.2) is 0 Å². The number of nitrogens with zero attached hydrogens (tertiary/aromatic N) is 2. The molecule has 0 aromatic carbocycles. The second-order valence-electron chi connectivity index (χ2n) is 6.17. The minimum Gasteiger partial charge on any atom is -0.477 e. The standard InChI is InChI=1S/C19H21F3N4O3/c1-3-16(27)26-15-10-13(6-8-23-15)12(2)25-18(28)14-4-5-17(24-11-14)29-9-7-19(20,21)22/h4-6,8,10-12H,3,7,9H2,1-2H3,(H,25,28)(H,23,26,27). The summed E-state index contributed by atoms with van der Waals surface area (Å²) < 4.78 is 41.3. The van der Waals surface area contributed by atoms with E-state index in [9.17, 15) is 22.8 Å². The van der Waals surface area contributed by atoms with Gasteiger partial charge in [0.1, 0.15) is 5.82 Å². The summed E-state index contributed by atoms with van der Waals surface area (Å²) in [6, 6.07) is 5.74. The lowest BCUT2D eigenvalue weighted by Gasteiger charge is -2.15. The first-order chi connectivity index (χ1) is 13.7. The van der Waals surface area contributed by atoms with Gasteiger partial charge in [-0.2, -0.15) is 13.2 Å². The van der Waals surface area contributed by atoms with Crippen LogP contribution in [0.5, 0.6) is 5.88 Å². The molecule has 1 atom stereocenters. The van der Waals surface area contributed by atoms with Gasteiger partial charge in [-0.15, -0.1) is 0 Å². The molecule has 2 aromatic heterocycles. The summed E-state index contributed by atoms with van der Waals surface area (Å²) in [6.07, 6.45) is -2.31. The smallest absolute Gasteiger partial charge is 0.392 e. The summed E-state index contributed by atoms with van der Waals surface area (Å²) in [7, 11) is 0. The molecule has 0 spiro atoms. The number of hydrogen-bond donors (Lipinski definition) is 2. The number of nitrogens with one attached hydrogen (secondary N) is 2. The third-order valence-corrected chi connectivity index (χ3v) is 3.85. The quantitative estimate of drug-likeness (QED) is 0.693. The minimum atomic E-state index is -4.30. The van der Waals surface area contributed by atoms with Crippen LogP contribution in [0.15, 0.2) is 36.7 Å². The van der Waals surface area contributed by atoms with E-state index in [2.05, 4.69) is 20.6 Å². The first-order valence-corrected chi connectivity index (χ1v) is 8.90. The minimum absolute atomic E-state index is 0.00397. The van der Waals surface area contributed by atoms with Crippen molar-refractivity contribution in [2.75, 3.05) is 11.9 Å². The van der Waals surface area contributed by atoms with Crippen molar-refractivity contribution in [3.05, 3.63) is 47.8 Å². The monoisotopic (exact) mass is 410 g/mol. The average Bonchev–Trinajstić information content (AvgIpc) is 2.67. The van der Waals surface area contributed by atoms with E-state index in [1.165, 1.54) is 24.5 Å². The number of ether oxygens (including phenoxy) is 1. The largest absolute Gasteiger partial charge is 0.477 e. The molecular weight excluding hydrogens is 389 g/mol. The van der Waals surface area contributed by atoms with Gasteiger partial charge in [-0.1, -0.05) is 6.92 Å². The van der Waals surface area contributed by atoms with Crippen LogP contribution in [0.4, 0.5) is 19.0 Å². The number of alkyl halides is 3. The lowest BCUT2D eigenvalue weighted by molar-refractivity contribution is -0.139. The van der Waals surface area contributed by atoms with Gasteiger partial charge in [0.2, 0.25) is 11.8 Å². The van der Waals surface area contributed by atoms with Gasteiger partial charge in [-0.05, 0) is 30.7 Å². The Morgan fingerprint density at radius 2 is 1.97 bits per heavy atom. The number of carbonyl (C=O) groups is 2. The van der Waals surface area contributed by atoms with E-state index in [4.69, 9.17) is 4.74 Å². The number of amides is 2. The number of halogens is 3. The molecule has 0 fully saturated rings. The Morgan fingerprint density at radius 1 is 1.21 bits per heavy atom. The molecule has 0 aliphatic carbocycles. The van der Waals surface area contributed by atoms with Gasteiger partial charge in [0, 0.05) is 24.9 Å². The number of rotatable bonds is 8. The van der Waals surface area contributed by atoms with Crippen molar-refractivity contribution < 1.29 is 27.5 Å². The maximum atomic E-state index is 12.4. The highest BCUT2D eigenvalue weighted by atomic mass is 19.4. The second kappa shape index (κ2) is 9.85. The van der Waals surface area contributed by atoms with Crippen molar-refractivity contribution in [3.8, 4) is 5.88 Å². The molecule has 7 nitrogen and oxygen atoms in total. The van der Waals surface area contributed by atoms with Crippen LogP contribution in [0.25, 0.3) is 0 Å². The lowest BCUT2D eigenvalue weighted by Crippen LogP contribution is -2.27. The summed E-state index contributed by atoms with van der Waals surface area (Å²) >= 11 is 0. The normalized spacial score (nSPS) is 12.2. The second-order valence-corrected chi connectivity index (χ2v) is 6.17. The van der Waals surface area contributed by atoms with Gasteiger partial charge >= 0.3 is 6.18 Å². The molecule has 2 amide bonds. The molecular formula is C19H21F3N4O3. The Morgan fingerprint density at radius 3 is 2.59 bits per heavy atom. The fourth-order valence-electron chi connectivity index (χ4n) is 2.25. The van der Waals surface area contributed by atoms with Gasteiger partial charge in [-0.25, -0.2) is 9.97 Å². The van der Waals surface area contributed by atoms with Gasteiger partial charge < -0.3 is 15.4 Å². The highest BCUT2D eigenvalue weighted by Gasteiger charge is 2.26. The maximum absolute atomic E-state index is 12.4. The van der Waals surface area contributed by atoms with E-state index in [0.717, 1.165) is 5.56 Å². The first kappa shape index (κ1) is 22.1. The summed E-state index contributed by atoms with van der Waals surface area (Å²) in [4.78, 5) is 31.7. The molecule has 29 heavy (non-hydrogen) atoms. The zero-order chi connectivity index (χ0) is 21.4. The fraction of sp³-hybridized carbons (Fsp3) is 0.368. The molecule has 0 bridgehead atoms. The van der Waals surface area contributed by atoms with Crippen molar-refractivity contribution in [2.24, 2.45) is 0 Å². The van der Waals surface area contributed by atoms with E-state index >= 15 is 0 Å². The Hall–Kier alpha value is -3.17.